The van der Waals surface area contributed by atoms with E-state index >= 15 is 0 Å². The van der Waals surface area contributed by atoms with Crippen LogP contribution in [0.5, 0.6) is 5.75 Å². The summed E-state index contributed by atoms with van der Waals surface area (Å²) in [6.07, 6.45) is 0. The average molecular weight is 707 g/mol. The molecule has 3 atom stereocenters. The van der Waals surface area contributed by atoms with E-state index in [1.165, 1.54) is 16.7 Å². The fourth-order valence-corrected chi connectivity index (χ4v) is 8.65. The van der Waals surface area contributed by atoms with Crippen LogP contribution in [-0.2, 0) is 14.4 Å². The van der Waals surface area contributed by atoms with Gasteiger partial charge in [-0.15, -0.1) is 0 Å². The molecule has 220 valence electrons. The number of anilines is 2. The van der Waals surface area contributed by atoms with Gasteiger partial charge in [0.25, 0.3) is 5.91 Å². The first-order chi connectivity index (χ1) is 21.3. The van der Waals surface area contributed by atoms with E-state index in [9.17, 15) is 19.2 Å². The van der Waals surface area contributed by atoms with E-state index in [0.29, 0.717) is 37.6 Å². The Kier molecular flexibility index (Phi) is 7.57. The SMILES string of the molecule is O=C(COc1ccc(Cl)cc1[C@@H]1c2sc(=O)[nH]c2S[C@H]2C(=O)N(c3ccc(Br)cc3)C(=O)[C@@H]12)Nc1ccc2ccccc2c1. The van der Waals surface area contributed by atoms with Gasteiger partial charge in [0.2, 0.25) is 11.8 Å². The number of carbonyl (C=O) groups is 3. The number of aromatic nitrogens is 1. The molecular formula is C32H21BrClN3O5S2. The highest BCUT2D eigenvalue weighted by Gasteiger charge is 2.56. The molecule has 0 saturated carbocycles. The molecule has 2 N–H and O–H groups in total. The zero-order chi connectivity index (χ0) is 30.5. The largest absolute Gasteiger partial charge is 0.483 e. The first kappa shape index (κ1) is 28.8. The molecule has 1 saturated heterocycles. The molecule has 1 aromatic heterocycles. The topological polar surface area (TPSA) is 109 Å². The molecule has 0 radical (unpaired) electrons. The van der Waals surface area contributed by atoms with Crippen molar-refractivity contribution in [2.24, 2.45) is 5.92 Å². The van der Waals surface area contributed by atoms with Crippen LogP contribution in [0.2, 0.25) is 5.02 Å². The summed E-state index contributed by atoms with van der Waals surface area (Å²) in [5.74, 6) is -2.34. The molecular weight excluding hydrogens is 686 g/mol. The Morgan fingerprint density at radius 2 is 1.73 bits per heavy atom. The smallest absolute Gasteiger partial charge is 0.305 e. The summed E-state index contributed by atoms with van der Waals surface area (Å²) in [6, 6.07) is 25.4. The van der Waals surface area contributed by atoms with Gasteiger partial charge in [-0.05, 0) is 65.4 Å². The van der Waals surface area contributed by atoms with Crippen LogP contribution in [0.4, 0.5) is 11.4 Å². The summed E-state index contributed by atoms with van der Waals surface area (Å²) < 4.78 is 6.86. The second-order valence-electron chi connectivity index (χ2n) is 10.3. The van der Waals surface area contributed by atoms with Gasteiger partial charge in [-0.2, -0.15) is 0 Å². The normalized spacial score (nSPS) is 19.1. The van der Waals surface area contributed by atoms with Crippen molar-refractivity contribution in [1.29, 1.82) is 0 Å². The van der Waals surface area contributed by atoms with Crippen molar-refractivity contribution in [3.8, 4) is 5.75 Å². The van der Waals surface area contributed by atoms with E-state index in [0.717, 1.165) is 26.6 Å². The molecule has 3 amide bonds. The Labute approximate surface area is 272 Å². The third-order valence-electron chi connectivity index (χ3n) is 7.61. The van der Waals surface area contributed by atoms with Crippen LogP contribution in [0.15, 0.2) is 99.2 Å². The fourth-order valence-electron chi connectivity index (χ4n) is 5.70. The lowest BCUT2D eigenvalue weighted by Gasteiger charge is -2.31. The summed E-state index contributed by atoms with van der Waals surface area (Å²) in [7, 11) is 0. The van der Waals surface area contributed by atoms with E-state index in [1.54, 1.807) is 42.5 Å². The summed E-state index contributed by atoms with van der Waals surface area (Å²) in [5, 5.41) is 5.05. The Balaban J connectivity index is 1.21. The van der Waals surface area contributed by atoms with Gasteiger partial charge in [0.15, 0.2) is 6.61 Å². The molecule has 1 fully saturated rings. The molecule has 8 nitrogen and oxygen atoms in total. The zero-order valence-electron chi connectivity index (χ0n) is 22.6. The van der Waals surface area contributed by atoms with Gasteiger partial charge in [-0.1, -0.05) is 81.0 Å². The number of imide groups is 1. The maximum Gasteiger partial charge on any atom is 0.305 e. The predicted octanol–water partition coefficient (Wildman–Crippen LogP) is 6.82. The number of hydrogen-bond acceptors (Lipinski definition) is 7. The number of fused-ring (bicyclic) bond motifs is 3. The summed E-state index contributed by atoms with van der Waals surface area (Å²) in [4.78, 5) is 57.6. The molecule has 44 heavy (non-hydrogen) atoms. The minimum atomic E-state index is -0.831. The number of aromatic amines is 1. The third-order valence-corrected chi connectivity index (χ3v) is 10.8. The first-order valence-corrected chi connectivity index (χ1v) is 16.4. The summed E-state index contributed by atoms with van der Waals surface area (Å²) >= 11 is 12.0. The van der Waals surface area contributed by atoms with Crippen LogP contribution in [0, 0.1) is 5.92 Å². The van der Waals surface area contributed by atoms with Gasteiger partial charge in [0.1, 0.15) is 11.0 Å². The van der Waals surface area contributed by atoms with Crippen molar-refractivity contribution < 1.29 is 19.1 Å². The van der Waals surface area contributed by atoms with Crippen LogP contribution < -0.4 is 19.8 Å². The van der Waals surface area contributed by atoms with Crippen LogP contribution in [0.25, 0.3) is 10.8 Å². The molecule has 3 heterocycles. The molecule has 0 bridgehead atoms. The van der Waals surface area contributed by atoms with Crippen molar-refractivity contribution in [3.63, 3.8) is 0 Å². The Morgan fingerprint density at radius 1 is 0.955 bits per heavy atom. The van der Waals surface area contributed by atoms with E-state index in [2.05, 4.69) is 26.2 Å². The van der Waals surface area contributed by atoms with Gasteiger partial charge in [-0.3, -0.25) is 19.2 Å². The molecule has 0 unspecified atom stereocenters. The fraction of sp³-hybridized carbons (Fsp3) is 0.125. The maximum absolute atomic E-state index is 14.1. The molecule has 0 spiro atoms. The number of benzene rings is 4. The Bertz CT molecular complexity index is 2030. The van der Waals surface area contributed by atoms with Gasteiger partial charge in [-0.25, -0.2) is 4.90 Å². The zero-order valence-corrected chi connectivity index (χ0v) is 26.6. The number of nitrogens with one attached hydrogen (secondary N) is 2. The Morgan fingerprint density at radius 3 is 2.52 bits per heavy atom. The minimum absolute atomic E-state index is 0.295. The van der Waals surface area contributed by atoms with Gasteiger partial charge >= 0.3 is 4.87 Å². The summed E-state index contributed by atoms with van der Waals surface area (Å²) in [6.45, 7) is -0.314. The van der Waals surface area contributed by atoms with Crippen molar-refractivity contribution in [3.05, 3.63) is 115 Å². The van der Waals surface area contributed by atoms with Crippen LogP contribution in [-0.4, -0.2) is 34.6 Å². The number of rotatable bonds is 6. The van der Waals surface area contributed by atoms with Crippen molar-refractivity contribution in [2.75, 3.05) is 16.8 Å². The first-order valence-electron chi connectivity index (χ1n) is 13.5. The number of carbonyl (C=O) groups excluding carboxylic acids is 3. The van der Waals surface area contributed by atoms with Crippen LogP contribution in [0.1, 0.15) is 16.4 Å². The van der Waals surface area contributed by atoms with Crippen molar-refractivity contribution >= 4 is 90.5 Å². The molecule has 2 aliphatic heterocycles. The monoisotopic (exact) mass is 705 g/mol. The number of amides is 3. The number of thioether (sulfide) groups is 1. The van der Waals surface area contributed by atoms with Crippen molar-refractivity contribution in [1.82, 2.24) is 4.98 Å². The van der Waals surface area contributed by atoms with E-state index in [-0.39, 0.29) is 29.2 Å². The van der Waals surface area contributed by atoms with Crippen LogP contribution >= 0.6 is 50.6 Å². The van der Waals surface area contributed by atoms with E-state index in [4.69, 9.17) is 16.3 Å². The van der Waals surface area contributed by atoms with E-state index < -0.39 is 17.1 Å². The van der Waals surface area contributed by atoms with E-state index in [1.807, 2.05) is 42.5 Å². The number of nitrogens with zero attached hydrogens (tertiary/aromatic N) is 1. The van der Waals surface area contributed by atoms with Crippen molar-refractivity contribution in [2.45, 2.75) is 16.2 Å². The number of H-pyrrole nitrogens is 1. The quantitative estimate of drug-likeness (QED) is 0.188. The lowest BCUT2D eigenvalue weighted by molar-refractivity contribution is -0.122. The predicted molar refractivity (Wildman–Crippen MR) is 176 cm³/mol. The molecule has 7 rings (SSSR count). The number of ether oxygens (including phenoxy) is 1. The highest BCUT2D eigenvalue weighted by Crippen LogP contribution is 2.54. The van der Waals surface area contributed by atoms with Gasteiger partial charge < -0.3 is 15.0 Å². The minimum Gasteiger partial charge on any atom is -0.483 e. The molecule has 5 aromatic rings. The number of thiazole rings is 1. The lowest BCUT2D eigenvalue weighted by Crippen LogP contribution is -2.32. The molecule has 0 aliphatic carbocycles. The second kappa shape index (κ2) is 11.6. The number of halogens is 2. The maximum atomic E-state index is 14.1. The second-order valence-corrected chi connectivity index (χ2v) is 13.8. The van der Waals surface area contributed by atoms with Gasteiger partial charge in [0, 0.05) is 31.5 Å². The molecule has 2 aliphatic rings. The average Bonchev–Trinajstić information content (AvgIpc) is 3.51. The van der Waals surface area contributed by atoms with Crippen LogP contribution in [0.3, 0.4) is 0 Å². The highest BCUT2D eigenvalue weighted by atomic mass is 79.9. The third kappa shape index (κ3) is 5.23. The molecule has 12 heteroatoms. The lowest BCUT2D eigenvalue weighted by atomic mass is 9.82. The highest BCUT2D eigenvalue weighted by molar-refractivity contribution is 9.10. The number of hydrogen-bond donors (Lipinski definition) is 2. The standard InChI is InChI=1S/C32H21BrClN3O5S2/c33-18-6-10-21(11-7-18)37-30(39)26-25(27-29(36-32(41)44-27)43-28(26)31(37)40)22-14-19(34)8-12-23(22)42-15-24(38)35-20-9-5-16-3-1-2-4-17(16)13-20/h1-14,25-26,28H,15H2,(H,35,38)(H,36,41)/t25-,26-,28+/m0/s1. The Hall–Kier alpha value is -3.90. The molecule has 4 aromatic carbocycles. The summed E-state index contributed by atoms with van der Waals surface area (Å²) in [5.41, 5.74) is 1.61. The van der Waals surface area contributed by atoms with Gasteiger partial charge in [0.05, 0.1) is 16.6 Å².